The number of likely N-dealkylation sites (tertiary alicyclic amines) is 1. The molecule has 1 saturated heterocycles. The van der Waals surface area contributed by atoms with Crippen LogP contribution in [0.4, 0.5) is 0 Å². The lowest BCUT2D eigenvalue weighted by Crippen LogP contribution is -2.48. The first-order valence-electron chi connectivity index (χ1n) is 18.1. The molecule has 1 unspecified atom stereocenters. The first-order valence-corrected chi connectivity index (χ1v) is 18.5. The lowest BCUT2D eigenvalue weighted by atomic mass is 9.73. The summed E-state index contributed by atoms with van der Waals surface area (Å²) in [5, 5.41) is 0.771. The van der Waals surface area contributed by atoms with Gasteiger partial charge in [0, 0.05) is 29.4 Å². The minimum atomic E-state index is 0.191. The van der Waals surface area contributed by atoms with E-state index >= 15 is 0 Å². The van der Waals surface area contributed by atoms with Crippen LogP contribution in [-0.4, -0.2) is 42.6 Å². The van der Waals surface area contributed by atoms with E-state index in [2.05, 4.69) is 120 Å². The molecular weight excluding hydrogens is 608 g/mol. The van der Waals surface area contributed by atoms with E-state index < -0.39 is 0 Å². The van der Waals surface area contributed by atoms with Gasteiger partial charge in [-0.3, -0.25) is 0 Å². The number of methoxy groups -OCH3 is 1. The standard InChI is InChI=1S/C44H49ClN2O/c1-32-16-18-34(19-17-32)41-40(31-46-28-10-5-11-29-46)47(30-33-12-6-3-7-13-33)44(37-14-8-4-9-15-37)43(36-20-24-38(45)25-21-36)42(41)35-22-26-39(48-2)27-23-35/h3,6-7,12-13,16-27,37,40H,4-5,8-11,14-15,28-31H2,1-2H3. The Morgan fingerprint density at radius 3 is 1.94 bits per heavy atom. The molecule has 4 heteroatoms. The molecule has 248 valence electrons. The van der Waals surface area contributed by atoms with Gasteiger partial charge in [-0.05, 0) is 109 Å². The van der Waals surface area contributed by atoms with Crippen molar-refractivity contribution in [3.8, 4) is 5.75 Å². The van der Waals surface area contributed by atoms with Crippen LogP contribution in [0.3, 0.4) is 0 Å². The van der Waals surface area contributed by atoms with E-state index in [9.17, 15) is 0 Å². The zero-order valence-corrected chi connectivity index (χ0v) is 29.4. The molecule has 7 rings (SSSR count). The predicted molar refractivity (Wildman–Crippen MR) is 202 cm³/mol. The molecule has 0 N–H and O–H groups in total. The lowest BCUT2D eigenvalue weighted by Gasteiger charge is -2.48. The van der Waals surface area contributed by atoms with E-state index in [0.717, 1.165) is 23.9 Å². The minimum Gasteiger partial charge on any atom is -0.497 e. The first-order chi connectivity index (χ1) is 23.6. The Bertz CT molecular complexity index is 1710. The summed E-state index contributed by atoms with van der Waals surface area (Å²) in [6, 6.07) is 38.1. The maximum Gasteiger partial charge on any atom is 0.118 e. The van der Waals surface area contributed by atoms with E-state index in [1.54, 1.807) is 7.11 Å². The number of ether oxygens (including phenoxy) is 1. The number of aryl methyl sites for hydroxylation is 1. The summed E-state index contributed by atoms with van der Waals surface area (Å²) in [4.78, 5) is 5.60. The van der Waals surface area contributed by atoms with Gasteiger partial charge in [-0.25, -0.2) is 0 Å². The highest BCUT2D eigenvalue weighted by atomic mass is 35.5. The molecule has 1 saturated carbocycles. The van der Waals surface area contributed by atoms with Crippen LogP contribution in [0.2, 0.25) is 5.02 Å². The Hall–Kier alpha value is -3.79. The third-order valence-electron chi connectivity index (χ3n) is 10.7. The number of rotatable bonds is 9. The number of allylic oxidation sites excluding steroid dienone is 3. The van der Waals surface area contributed by atoms with E-state index in [1.807, 2.05) is 0 Å². The summed E-state index contributed by atoms with van der Waals surface area (Å²) < 4.78 is 5.67. The highest BCUT2D eigenvalue weighted by molar-refractivity contribution is 6.30. The summed E-state index contributed by atoms with van der Waals surface area (Å²) in [6.07, 6.45) is 10.2. The van der Waals surface area contributed by atoms with Gasteiger partial charge in [-0.2, -0.15) is 0 Å². The maximum absolute atomic E-state index is 6.57. The molecule has 2 heterocycles. The van der Waals surface area contributed by atoms with Gasteiger partial charge in [0.25, 0.3) is 0 Å². The van der Waals surface area contributed by atoms with Crippen LogP contribution in [-0.2, 0) is 6.54 Å². The summed E-state index contributed by atoms with van der Waals surface area (Å²) in [5.74, 6) is 1.37. The predicted octanol–water partition coefficient (Wildman–Crippen LogP) is 10.9. The quantitative estimate of drug-likeness (QED) is 0.178. The topological polar surface area (TPSA) is 15.7 Å². The van der Waals surface area contributed by atoms with Gasteiger partial charge >= 0.3 is 0 Å². The van der Waals surface area contributed by atoms with Gasteiger partial charge in [-0.15, -0.1) is 0 Å². The Balaban J connectivity index is 1.56. The SMILES string of the molecule is COc1ccc(C2=C(c3ccc(C)cc3)C(CN3CCCCC3)N(Cc3ccccc3)C(C3CCCCC3)=C2c2ccc(Cl)cc2)cc1. The fourth-order valence-electron chi connectivity index (χ4n) is 8.30. The Morgan fingerprint density at radius 2 is 1.27 bits per heavy atom. The molecule has 3 aliphatic rings. The second-order valence-corrected chi connectivity index (χ2v) is 14.4. The van der Waals surface area contributed by atoms with Crippen LogP contribution < -0.4 is 4.74 Å². The van der Waals surface area contributed by atoms with Gasteiger partial charge in [-0.1, -0.05) is 122 Å². The molecular formula is C44H49ClN2O. The number of piperidine rings is 1. The number of nitrogens with zero attached hydrogens (tertiary/aromatic N) is 2. The van der Waals surface area contributed by atoms with Gasteiger partial charge in [0.2, 0.25) is 0 Å². The second-order valence-electron chi connectivity index (χ2n) is 14.0. The van der Waals surface area contributed by atoms with Crippen molar-refractivity contribution >= 4 is 28.3 Å². The fourth-order valence-corrected chi connectivity index (χ4v) is 8.43. The monoisotopic (exact) mass is 656 g/mol. The molecule has 2 aliphatic heterocycles. The number of halogens is 1. The van der Waals surface area contributed by atoms with Gasteiger partial charge in [0.1, 0.15) is 5.75 Å². The van der Waals surface area contributed by atoms with Crippen molar-refractivity contribution in [2.45, 2.75) is 70.9 Å². The van der Waals surface area contributed by atoms with Crippen LogP contribution in [0.25, 0.3) is 16.7 Å². The molecule has 0 bridgehead atoms. The molecule has 0 aromatic heterocycles. The highest BCUT2D eigenvalue weighted by Crippen LogP contribution is 2.51. The minimum absolute atomic E-state index is 0.191. The molecule has 0 amide bonds. The van der Waals surface area contributed by atoms with Crippen molar-refractivity contribution in [3.05, 3.63) is 142 Å². The van der Waals surface area contributed by atoms with Crippen LogP contribution in [0, 0.1) is 12.8 Å². The number of benzene rings is 4. The van der Waals surface area contributed by atoms with E-state index in [0.29, 0.717) is 5.92 Å². The van der Waals surface area contributed by atoms with Gasteiger partial charge < -0.3 is 14.5 Å². The highest BCUT2D eigenvalue weighted by Gasteiger charge is 2.40. The molecule has 3 nitrogen and oxygen atoms in total. The van der Waals surface area contributed by atoms with Crippen LogP contribution in [0.1, 0.15) is 79.2 Å². The van der Waals surface area contributed by atoms with Crippen molar-refractivity contribution in [1.82, 2.24) is 9.80 Å². The average molecular weight is 657 g/mol. The molecule has 1 atom stereocenters. The Kier molecular flexibility index (Phi) is 10.4. The molecule has 0 spiro atoms. The first kappa shape index (κ1) is 32.7. The maximum atomic E-state index is 6.57. The smallest absolute Gasteiger partial charge is 0.118 e. The fraction of sp³-hybridized carbons (Fsp3) is 0.364. The van der Waals surface area contributed by atoms with Crippen molar-refractivity contribution in [1.29, 1.82) is 0 Å². The average Bonchev–Trinajstić information content (AvgIpc) is 3.14. The largest absolute Gasteiger partial charge is 0.497 e. The molecule has 4 aromatic carbocycles. The molecule has 1 aliphatic carbocycles. The van der Waals surface area contributed by atoms with Crippen molar-refractivity contribution in [2.24, 2.45) is 5.92 Å². The van der Waals surface area contributed by atoms with Gasteiger partial charge in [0.15, 0.2) is 0 Å². The molecule has 4 aromatic rings. The lowest BCUT2D eigenvalue weighted by molar-refractivity contribution is 0.156. The van der Waals surface area contributed by atoms with Crippen molar-refractivity contribution in [3.63, 3.8) is 0 Å². The zero-order chi connectivity index (χ0) is 32.9. The number of hydrogen-bond donors (Lipinski definition) is 0. The summed E-state index contributed by atoms with van der Waals surface area (Å²) >= 11 is 6.57. The zero-order valence-electron chi connectivity index (χ0n) is 28.6. The van der Waals surface area contributed by atoms with E-state index in [4.69, 9.17) is 16.3 Å². The second kappa shape index (κ2) is 15.2. The van der Waals surface area contributed by atoms with E-state index in [1.165, 1.54) is 115 Å². The van der Waals surface area contributed by atoms with E-state index in [-0.39, 0.29) is 6.04 Å². The Morgan fingerprint density at radius 1 is 0.667 bits per heavy atom. The van der Waals surface area contributed by atoms with Crippen molar-refractivity contribution < 1.29 is 4.74 Å². The summed E-state index contributed by atoms with van der Waals surface area (Å²) in [6.45, 7) is 6.42. The van der Waals surface area contributed by atoms with Crippen LogP contribution >= 0.6 is 11.6 Å². The van der Waals surface area contributed by atoms with Crippen LogP contribution in [0.5, 0.6) is 5.75 Å². The molecule has 2 fully saturated rings. The molecule has 48 heavy (non-hydrogen) atoms. The third kappa shape index (κ3) is 7.14. The van der Waals surface area contributed by atoms with Crippen molar-refractivity contribution in [2.75, 3.05) is 26.7 Å². The molecule has 0 radical (unpaired) electrons. The summed E-state index contributed by atoms with van der Waals surface area (Å²) in [7, 11) is 1.75. The van der Waals surface area contributed by atoms with Gasteiger partial charge in [0.05, 0.1) is 13.2 Å². The third-order valence-corrected chi connectivity index (χ3v) is 11.0. The normalized spacial score (nSPS) is 19.6. The van der Waals surface area contributed by atoms with Crippen LogP contribution in [0.15, 0.2) is 109 Å². The number of hydrogen-bond acceptors (Lipinski definition) is 3. The summed E-state index contributed by atoms with van der Waals surface area (Å²) in [5.41, 5.74) is 12.1. The Labute approximate surface area is 292 Å².